The van der Waals surface area contributed by atoms with Gasteiger partial charge in [0.2, 0.25) is 5.76 Å². The molecule has 0 bridgehead atoms. The molecule has 0 aliphatic carbocycles. The van der Waals surface area contributed by atoms with Crippen LogP contribution in [0.15, 0.2) is 28.7 Å². The van der Waals surface area contributed by atoms with Gasteiger partial charge in [-0.15, -0.1) is 0 Å². The van der Waals surface area contributed by atoms with Crippen molar-refractivity contribution in [1.29, 1.82) is 5.26 Å². The first-order valence-electron chi connectivity index (χ1n) is 4.41. The van der Waals surface area contributed by atoms with Crippen molar-refractivity contribution in [2.45, 2.75) is 6.92 Å². The monoisotopic (exact) mass is 187 g/mol. The molecule has 0 aliphatic rings. The van der Waals surface area contributed by atoms with E-state index in [4.69, 9.17) is 14.4 Å². The Balaban J connectivity index is 2.69. The Morgan fingerprint density at radius 3 is 2.93 bits per heavy atom. The fraction of sp³-hybridized carbons (Fsp3) is 0.182. The Morgan fingerprint density at radius 2 is 2.21 bits per heavy atom. The molecule has 70 valence electrons. The van der Waals surface area contributed by atoms with E-state index in [1.807, 2.05) is 37.3 Å². The van der Waals surface area contributed by atoms with Gasteiger partial charge in [0.25, 0.3) is 0 Å². The second-order valence-corrected chi connectivity index (χ2v) is 2.80. The molecule has 1 aromatic carbocycles. The molecule has 3 nitrogen and oxygen atoms in total. The third-order valence-electron chi connectivity index (χ3n) is 1.94. The molecule has 0 N–H and O–H groups in total. The number of nitrogens with zero attached hydrogens (tertiary/aromatic N) is 1. The average molecular weight is 187 g/mol. The highest BCUT2D eigenvalue weighted by Crippen LogP contribution is 2.32. The summed E-state index contributed by atoms with van der Waals surface area (Å²) >= 11 is 0. The molecule has 0 amide bonds. The zero-order valence-corrected chi connectivity index (χ0v) is 7.78. The number of fused-ring (bicyclic) bond motifs is 1. The van der Waals surface area contributed by atoms with Crippen LogP contribution in [0.2, 0.25) is 0 Å². The minimum atomic E-state index is 0.244. The number of ether oxygens (including phenoxy) is 1. The summed E-state index contributed by atoms with van der Waals surface area (Å²) < 4.78 is 10.7. The molecule has 3 heteroatoms. The standard InChI is InChI=1S/C11H9NO2/c1-2-13-11-8-5-3-4-6-9(8)14-10(11)7-12/h3-6H,2H2,1H3. The van der Waals surface area contributed by atoms with Crippen LogP contribution in [0.4, 0.5) is 0 Å². The molecular weight excluding hydrogens is 178 g/mol. The summed E-state index contributed by atoms with van der Waals surface area (Å²) in [5.41, 5.74) is 0.688. The van der Waals surface area contributed by atoms with Gasteiger partial charge in [0, 0.05) is 0 Å². The van der Waals surface area contributed by atoms with Crippen molar-refractivity contribution >= 4 is 11.0 Å². The number of furan rings is 1. The highest BCUT2D eigenvalue weighted by molar-refractivity contribution is 5.86. The van der Waals surface area contributed by atoms with Crippen LogP contribution in [0.5, 0.6) is 5.75 Å². The maximum atomic E-state index is 8.82. The molecule has 0 aliphatic heterocycles. The summed E-state index contributed by atoms with van der Waals surface area (Å²) in [7, 11) is 0. The van der Waals surface area contributed by atoms with Crippen LogP contribution in [0.1, 0.15) is 12.7 Å². The SMILES string of the molecule is CCOc1c(C#N)oc2ccccc12. The molecule has 0 saturated heterocycles. The van der Waals surface area contributed by atoms with Crippen LogP contribution < -0.4 is 4.74 Å². The Labute approximate surface area is 81.5 Å². The molecular formula is C11H9NO2. The second kappa shape index (κ2) is 3.43. The lowest BCUT2D eigenvalue weighted by molar-refractivity contribution is 0.336. The van der Waals surface area contributed by atoms with Crippen LogP contribution in [0.3, 0.4) is 0 Å². The largest absolute Gasteiger partial charge is 0.488 e. The fourth-order valence-corrected chi connectivity index (χ4v) is 1.38. The Morgan fingerprint density at radius 1 is 1.43 bits per heavy atom. The lowest BCUT2D eigenvalue weighted by Gasteiger charge is -1.98. The van der Waals surface area contributed by atoms with Gasteiger partial charge in [0.1, 0.15) is 11.7 Å². The minimum Gasteiger partial charge on any atom is -0.488 e. The van der Waals surface area contributed by atoms with E-state index in [-0.39, 0.29) is 5.76 Å². The molecule has 1 heterocycles. The van der Waals surface area contributed by atoms with E-state index in [0.29, 0.717) is 17.9 Å². The van der Waals surface area contributed by atoms with Gasteiger partial charge in [-0.3, -0.25) is 0 Å². The Hall–Kier alpha value is -1.95. The van der Waals surface area contributed by atoms with E-state index in [9.17, 15) is 0 Å². The van der Waals surface area contributed by atoms with Gasteiger partial charge in [-0.05, 0) is 19.1 Å². The molecule has 14 heavy (non-hydrogen) atoms. The number of hydrogen-bond acceptors (Lipinski definition) is 3. The first-order valence-corrected chi connectivity index (χ1v) is 4.41. The van der Waals surface area contributed by atoms with Crippen molar-refractivity contribution in [3.63, 3.8) is 0 Å². The number of benzene rings is 1. The van der Waals surface area contributed by atoms with Gasteiger partial charge in [-0.1, -0.05) is 12.1 Å². The number of hydrogen-bond donors (Lipinski definition) is 0. The normalized spacial score (nSPS) is 10.0. The predicted molar refractivity (Wildman–Crippen MR) is 52.1 cm³/mol. The van der Waals surface area contributed by atoms with E-state index in [0.717, 1.165) is 5.39 Å². The van der Waals surface area contributed by atoms with Crippen molar-refractivity contribution in [1.82, 2.24) is 0 Å². The topological polar surface area (TPSA) is 46.2 Å². The maximum absolute atomic E-state index is 8.82. The summed E-state index contributed by atoms with van der Waals surface area (Å²) in [5, 5.41) is 9.68. The number of rotatable bonds is 2. The number of nitriles is 1. The highest BCUT2D eigenvalue weighted by atomic mass is 16.5. The van der Waals surface area contributed by atoms with E-state index in [1.54, 1.807) is 0 Å². The first-order chi connectivity index (χ1) is 6.86. The summed E-state index contributed by atoms with van der Waals surface area (Å²) in [6.45, 7) is 2.40. The van der Waals surface area contributed by atoms with Crippen molar-refractivity contribution in [3.8, 4) is 11.8 Å². The summed E-state index contributed by atoms with van der Waals surface area (Å²) in [6, 6.07) is 9.43. The van der Waals surface area contributed by atoms with Crippen LogP contribution in [-0.2, 0) is 0 Å². The van der Waals surface area contributed by atoms with Gasteiger partial charge in [-0.2, -0.15) is 5.26 Å². The average Bonchev–Trinajstić information content (AvgIpc) is 2.58. The van der Waals surface area contributed by atoms with Gasteiger partial charge in [0.05, 0.1) is 12.0 Å². The second-order valence-electron chi connectivity index (χ2n) is 2.80. The quantitative estimate of drug-likeness (QED) is 0.726. The van der Waals surface area contributed by atoms with E-state index < -0.39 is 0 Å². The van der Waals surface area contributed by atoms with Gasteiger partial charge < -0.3 is 9.15 Å². The molecule has 2 aromatic rings. The van der Waals surface area contributed by atoms with Gasteiger partial charge >= 0.3 is 0 Å². The van der Waals surface area contributed by atoms with Crippen molar-refractivity contribution in [2.75, 3.05) is 6.61 Å². The zero-order valence-electron chi connectivity index (χ0n) is 7.78. The molecule has 0 atom stereocenters. The van der Waals surface area contributed by atoms with Crippen molar-refractivity contribution < 1.29 is 9.15 Å². The lowest BCUT2D eigenvalue weighted by atomic mass is 10.2. The molecule has 2 rings (SSSR count). The lowest BCUT2D eigenvalue weighted by Crippen LogP contribution is -1.91. The van der Waals surface area contributed by atoms with E-state index in [2.05, 4.69) is 0 Å². The molecule has 1 aromatic heterocycles. The summed E-state index contributed by atoms with van der Waals surface area (Å²) in [5.74, 6) is 0.790. The van der Waals surface area contributed by atoms with Gasteiger partial charge in [0.15, 0.2) is 5.75 Å². The maximum Gasteiger partial charge on any atom is 0.246 e. The third-order valence-corrected chi connectivity index (χ3v) is 1.94. The number of para-hydroxylation sites is 1. The van der Waals surface area contributed by atoms with Gasteiger partial charge in [-0.25, -0.2) is 0 Å². The third kappa shape index (κ3) is 1.21. The highest BCUT2D eigenvalue weighted by Gasteiger charge is 2.13. The molecule has 0 spiro atoms. The van der Waals surface area contributed by atoms with Crippen LogP contribution in [-0.4, -0.2) is 6.61 Å². The summed E-state index contributed by atoms with van der Waals surface area (Å²) in [4.78, 5) is 0. The predicted octanol–water partition coefficient (Wildman–Crippen LogP) is 2.70. The van der Waals surface area contributed by atoms with Crippen LogP contribution >= 0.6 is 0 Å². The molecule has 0 saturated carbocycles. The molecule has 0 radical (unpaired) electrons. The molecule has 0 unspecified atom stereocenters. The fourth-order valence-electron chi connectivity index (χ4n) is 1.38. The molecule has 0 fully saturated rings. The van der Waals surface area contributed by atoms with Crippen molar-refractivity contribution in [2.24, 2.45) is 0 Å². The first kappa shape index (κ1) is 8.64. The zero-order chi connectivity index (χ0) is 9.97. The van der Waals surface area contributed by atoms with Crippen molar-refractivity contribution in [3.05, 3.63) is 30.0 Å². The van der Waals surface area contributed by atoms with Crippen LogP contribution in [0, 0.1) is 11.3 Å². The van der Waals surface area contributed by atoms with E-state index in [1.165, 1.54) is 0 Å². The summed E-state index contributed by atoms with van der Waals surface area (Å²) in [6.07, 6.45) is 0. The Bertz CT molecular complexity index is 493. The Kier molecular flexibility index (Phi) is 2.11. The minimum absolute atomic E-state index is 0.244. The van der Waals surface area contributed by atoms with E-state index >= 15 is 0 Å². The smallest absolute Gasteiger partial charge is 0.246 e. The van der Waals surface area contributed by atoms with Crippen LogP contribution in [0.25, 0.3) is 11.0 Å².